The normalized spacial score (nSPS) is 21.2. The molecule has 0 aromatic heterocycles. The molecule has 0 radical (unpaired) electrons. The average molecular weight is 141 g/mol. The van der Waals surface area contributed by atoms with Crippen molar-refractivity contribution < 1.29 is 4.79 Å². The van der Waals surface area contributed by atoms with Crippen LogP contribution in [-0.4, -0.2) is 48.9 Å². The monoisotopic (exact) mass is 141 g/mol. The van der Waals surface area contributed by atoms with Gasteiger partial charge in [-0.2, -0.15) is 0 Å². The Bertz CT molecular complexity index is 128. The summed E-state index contributed by atoms with van der Waals surface area (Å²) in [6, 6.07) is 0. The zero-order valence-corrected chi connectivity index (χ0v) is 6.63. The summed E-state index contributed by atoms with van der Waals surface area (Å²) >= 11 is 0. The Hall–Kier alpha value is -0.570. The van der Waals surface area contributed by atoms with Crippen LogP contribution in [0.2, 0.25) is 0 Å². The quantitative estimate of drug-likeness (QED) is 0.465. The molecule has 3 nitrogen and oxygen atoms in total. The van der Waals surface area contributed by atoms with Crippen molar-refractivity contribution in [2.24, 2.45) is 0 Å². The highest BCUT2D eigenvalue weighted by atomic mass is 16.2. The lowest BCUT2D eigenvalue weighted by atomic mass is 10.3. The molecule has 1 rings (SSSR count). The maximum atomic E-state index is 10.8. The van der Waals surface area contributed by atoms with E-state index in [0.29, 0.717) is 0 Å². The molecule has 1 fully saturated rings. The highest BCUT2D eigenvalue weighted by molar-refractivity contribution is 5.73. The summed E-state index contributed by atoms with van der Waals surface area (Å²) in [6.07, 6.45) is 0. The van der Waals surface area contributed by atoms with Gasteiger partial charge < -0.3 is 9.80 Å². The van der Waals surface area contributed by atoms with Crippen LogP contribution in [0.15, 0.2) is 0 Å². The molecule has 0 unspecified atom stereocenters. The number of hydrogen-bond acceptors (Lipinski definition) is 2. The van der Waals surface area contributed by atoms with Crippen LogP contribution in [0.1, 0.15) is 6.92 Å². The summed E-state index contributed by atoms with van der Waals surface area (Å²) in [6.45, 7) is 5.45. The molecule has 0 N–H and O–H groups in total. The van der Waals surface area contributed by atoms with E-state index in [0.717, 1.165) is 26.2 Å². The van der Waals surface area contributed by atoms with Gasteiger partial charge in [0.1, 0.15) is 0 Å². The molecule has 10 heavy (non-hydrogen) atoms. The summed E-state index contributed by atoms with van der Waals surface area (Å²) in [5.74, 6) is 0.202. The van der Waals surface area contributed by atoms with Gasteiger partial charge in [0, 0.05) is 33.1 Å². The predicted octanol–water partition coefficient (Wildman–Crippen LogP) is -0.220. The summed E-state index contributed by atoms with van der Waals surface area (Å²) in [7, 11) is 2.08. The fraction of sp³-hybridized carbons (Fsp3) is 0.857. The van der Waals surface area contributed by atoms with Crippen molar-refractivity contribution in [3.8, 4) is 0 Å². The SMILES string of the molecule is CC(=O)N1CCN([11CH3])CC1. The van der Waals surface area contributed by atoms with Crippen molar-refractivity contribution in [3.05, 3.63) is 0 Å². The van der Waals surface area contributed by atoms with Gasteiger partial charge in [0.25, 0.3) is 0 Å². The molecule has 0 saturated carbocycles. The summed E-state index contributed by atoms with van der Waals surface area (Å²) < 4.78 is 0. The molecular formula is C7H14N2O. The Morgan fingerprint density at radius 3 is 2.10 bits per heavy atom. The number of rotatable bonds is 0. The van der Waals surface area contributed by atoms with Crippen LogP contribution in [-0.2, 0) is 4.79 Å². The standard InChI is InChI=1S/C7H14N2O/c1-7(10)9-5-3-8(2)4-6-9/h3-6H2,1-2H3/i2-1. The second kappa shape index (κ2) is 3.01. The molecule has 0 aromatic carbocycles. The van der Waals surface area contributed by atoms with Gasteiger partial charge in [-0.15, -0.1) is 0 Å². The molecule has 1 aliphatic rings. The molecular weight excluding hydrogens is 127 g/mol. The van der Waals surface area contributed by atoms with Gasteiger partial charge in [0.05, 0.1) is 0 Å². The lowest BCUT2D eigenvalue weighted by Gasteiger charge is -2.31. The van der Waals surface area contributed by atoms with E-state index in [1.807, 2.05) is 4.90 Å². The van der Waals surface area contributed by atoms with Crippen molar-refractivity contribution in [3.63, 3.8) is 0 Å². The molecule has 0 spiro atoms. The second-order valence-electron chi connectivity index (χ2n) is 2.81. The van der Waals surface area contributed by atoms with Crippen molar-refractivity contribution >= 4 is 5.91 Å². The number of hydrogen-bond donors (Lipinski definition) is 0. The zero-order chi connectivity index (χ0) is 7.56. The Kier molecular flexibility index (Phi) is 2.27. The van der Waals surface area contributed by atoms with Crippen molar-refractivity contribution in [2.75, 3.05) is 33.2 Å². The Labute approximate surface area is 61.6 Å². The van der Waals surface area contributed by atoms with E-state index in [1.165, 1.54) is 0 Å². The van der Waals surface area contributed by atoms with Crippen molar-refractivity contribution in [1.82, 2.24) is 9.80 Å². The van der Waals surface area contributed by atoms with Gasteiger partial charge in [-0.1, -0.05) is 0 Å². The molecule has 1 amide bonds. The summed E-state index contributed by atoms with van der Waals surface area (Å²) in [5, 5.41) is 0. The maximum absolute atomic E-state index is 10.8. The molecule has 0 atom stereocenters. The number of nitrogens with zero attached hydrogens (tertiary/aromatic N) is 2. The third-order valence-electron chi connectivity index (χ3n) is 1.95. The van der Waals surface area contributed by atoms with Crippen LogP contribution >= 0.6 is 0 Å². The highest BCUT2D eigenvalue weighted by Crippen LogP contribution is 1.98. The van der Waals surface area contributed by atoms with E-state index in [9.17, 15) is 4.79 Å². The maximum Gasteiger partial charge on any atom is 0.219 e. The molecule has 58 valence electrons. The number of likely N-dealkylation sites (N-methyl/N-ethyl adjacent to an activating group) is 1. The number of carbonyl (C=O) groups excluding carboxylic acids is 1. The summed E-state index contributed by atoms with van der Waals surface area (Å²) in [4.78, 5) is 14.9. The van der Waals surface area contributed by atoms with Gasteiger partial charge in [0.15, 0.2) is 0 Å². The predicted molar refractivity (Wildman–Crippen MR) is 39.8 cm³/mol. The van der Waals surface area contributed by atoms with Crippen LogP contribution in [0.5, 0.6) is 0 Å². The van der Waals surface area contributed by atoms with Crippen LogP contribution < -0.4 is 0 Å². The van der Waals surface area contributed by atoms with E-state index in [-0.39, 0.29) is 5.91 Å². The first-order valence-electron chi connectivity index (χ1n) is 3.64. The summed E-state index contributed by atoms with van der Waals surface area (Å²) in [5.41, 5.74) is 0. The lowest BCUT2D eigenvalue weighted by Crippen LogP contribution is -2.46. The van der Waals surface area contributed by atoms with Gasteiger partial charge in [0.2, 0.25) is 5.91 Å². The van der Waals surface area contributed by atoms with Gasteiger partial charge in [-0.3, -0.25) is 4.79 Å². The van der Waals surface area contributed by atoms with Crippen LogP contribution in [0.3, 0.4) is 0 Å². The Morgan fingerprint density at radius 1 is 1.20 bits per heavy atom. The fourth-order valence-electron chi connectivity index (χ4n) is 1.12. The second-order valence-corrected chi connectivity index (χ2v) is 2.81. The first-order chi connectivity index (χ1) is 4.70. The van der Waals surface area contributed by atoms with E-state index >= 15 is 0 Å². The smallest absolute Gasteiger partial charge is 0.219 e. The third kappa shape index (κ3) is 1.70. The van der Waals surface area contributed by atoms with E-state index in [4.69, 9.17) is 0 Å². The molecule has 3 heteroatoms. The molecule has 0 aliphatic carbocycles. The molecule has 1 saturated heterocycles. The van der Waals surface area contributed by atoms with Crippen LogP contribution in [0, 0.1) is 0 Å². The molecule has 1 aliphatic heterocycles. The van der Waals surface area contributed by atoms with Crippen molar-refractivity contribution in [1.29, 1.82) is 0 Å². The first kappa shape index (κ1) is 7.54. The van der Waals surface area contributed by atoms with Gasteiger partial charge in [-0.25, -0.2) is 0 Å². The fourth-order valence-corrected chi connectivity index (χ4v) is 1.12. The van der Waals surface area contributed by atoms with E-state index in [1.54, 1.807) is 6.92 Å². The number of carbonyl (C=O) groups is 1. The van der Waals surface area contributed by atoms with Crippen molar-refractivity contribution in [2.45, 2.75) is 6.92 Å². The minimum atomic E-state index is 0.202. The third-order valence-corrected chi connectivity index (χ3v) is 1.95. The van der Waals surface area contributed by atoms with Gasteiger partial charge >= 0.3 is 0 Å². The number of amides is 1. The zero-order valence-electron chi connectivity index (χ0n) is 6.63. The minimum absolute atomic E-state index is 0.202. The van der Waals surface area contributed by atoms with E-state index < -0.39 is 0 Å². The minimum Gasteiger partial charge on any atom is -0.340 e. The highest BCUT2D eigenvalue weighted by Gasteiger charge is 2.14. The lowest BCUT2D eigenvalue weighted by molar-refractivity contribution is -0.130. The first-order valence-corrected chi connectivity index (χ1v) is 3.64. The molecule has 0 bridgehead atoms. The van der Waals surface area contributed by atoms with Crippen LogP contribution in [0.25, 0.3) is 0 Å². The molecule has 0 aromatic rings. The van der Waals surface area contributed by atoms with Crippen LogP contribution in [0.4, 0.5) is 0 Å². The Morgan fingerprint density at radius 2 is 1.70 bits per heavy atom. The van der Waals surface area contributed by atoms with E-state index in [2.05, 4.69) is 11.9 Å². The largest absolute Gasteiger partial charge is 0.340 e. The number of piperazine rings is 1. The average Bonchev–Trinajstić information content (AvgIpc) is 1.88. The Balaban J connectivity index is 2.33. The molecule has 1 heterocycles. The topological polar surface area (TPSA) is 23.6 Å². The van der Waals surface area contributed by atoms with Gasteiger partial charge in [-0.05, 0) is 7.05 Å².